The maximum atomic E-state index is 11.8. The Hall–Kier alpha value is -1.99. The second-order valence-corrected chi connectivity index (χ2v) is 7.67. The van der Waals surface area contributed by atoms with Gasteiger partial charge in [-0.1, -0.05) is 24.3 Å². The molecule has 2 aromatic rings. The van der Waals surface area contributed by atoms with Gasteiger partial charge in [-0.25, -0.2) is 4.99 Å². The summed E-state index contributed by atoms with van der Waals surface area (Å²) < 4.78 is 0. The Morgan fingerprint density at radius 3 is 2.64 bits per heavy atom. The molecule has 5 nitrogen and oxygen atoms in total. The Bertz CT molecular complexity index is 657. The summed E-state index contributed by atoms with van der Waals surface area (Å²) in [5, 5.41) is 8.63. The first kappa shape index (κ1) is 19.3. The molecule has 0 fully saturated rings. The fourth-order valence-corrected chi connectivity index (χ4v) is 3.34. The summed E-state index contributed by atoms with van der Waals surface area (Å²) in [5.41, 5.74) is 0. The van der Waals surface area contributed by atoms with Gasteiger partial charge in [0.15, 0.2) is 5.96 Å². The number of nitrogens with zero attached hydrogens (tertiary/aromatic N) is 2. The van der Waals surface area contributed by atoms with Crippen LogP contribution in [0.1, 0.15) is 4.88 Å². The third-order valence-corrected chi connectivity index (χ3v) is 5.18. The predicted molar refractivity (Wildman–Crippen MR) is 107 cm³/mol. The molecule has 134 valence electrons. The molecule has 0 aliphatic carbocycles. The third kappa shape index (κ3) is 7.62. The van der Waals surface area contributed by atoms with E-state index in [0.29, 0.717) is 12.5 Å². The molecule has 1 amide bonds. The van der Waals surface area contributed by atoms with Crippen molar-refractivity contribution in [1.29, 1.82) is 0 Å². The van der Waals surface area contributed by atoms with Crippen molar-refractivity contribution < 1.29 is 4.79 Å². The highest BCUT2D eigenvalue weighted by Gasteiger charge is 2.05. The molecule has 0 atom stereocenters. The minimum Gasteiger partial charge on any atom is -0.356 e. The van der Waals surface area contributed by atoms with E-state index in [1.165, 1.54) is 9.77 Å². The van der Waals surface area contributed by atoms with Crippen LogP contribution < -0.4 is 10.6 Å². The lowest BCUT2D eigenvalue weighted by Gasteiger charge is -2.13. The minimum absolute atomic E-state index is 0.0177. The van der Waals surface area contributed by atoms with Gasteiger partial charge in [0, 0.05) is 36.2 Å². The van der Waals surface area contributed by atoms with E-state index in [2.05, 4.69) is 33.8 Å². The molecule has 0 saturated heterocycles. The van der Waals surface area contributed by atoms with E-state index in [1.807, 2.05) is 29.6 Å². The highest BCUT2D eigenvalue weighted by atomic mass is 32.2. The molecule has 0 bridgehead atoms. The summed E-state index contributed by atoms with van der Waals surface area (Å²) in [4.78, 5) is 20.2. The van der Waals surface area contributed by atoms with Crippen molar-refractivity contribution in [2.24, 2.45) is 4.99 Å². The third-order valence-electron chi connectivity index (χ3n) is 3.29. The SMILES string of the molecule is CN(C)C(=O)CN=C(NCCSc1ccccc1)NCc1cccs1. The van der Waals surface area contributed by atoms with Gasteiger partial charge in [0.25, 0.3) is 0 Å². The summed E-state index contributed by atoms with van der Waals surface area (Å²) in [5.74, 6) is 1.57. The first-order valence-electron chi connectivity index (χ1n) is 8.07. The Morgan fingerprint density at radius 1 is 1.16 bits per heavy atom. The van der Waals surface area contributed by atoms with Gasteiger partial charge in [-0.15, -0.1) is 23.1 Å². The van der Waals surface area contributed by atoms with Crippen LogP contribution in [0.15, 0.2) is 57.7 Å². The molecule has 1 aromatic carbocycles. The quantitative estimate of drug-likeness (QED) is 0.322. The topological polar surface area (TPSA) is 56.7 Å². The van der Waals surface area contributed by atoms with Crippen LogP contribution in [0.25, 0.3) is 0 Å². The number of rotatable bonds is 8. The number of carbonyl (C=O) groups excluding carboxylic acids is 1. The van der Waals surface area contributed by atoms with Crippen molar-refractivity contribution in [3.63, 3.8) is 0 Å². The molecule has 0 saturated carbocycles. The van der Waals surface area contributed by atoms with E-state index in [9.17, 15) is 4.79 Å². The molecule has 2 N–H and O–H groups in total. The Labute approximate surface area is 157 Å². The van der Waals surface area contributed by atoms with Crippen molar-refractivity contribution in [3.8, 4) is 0 Å². The van der Waals surface area contributed by atoms with Crippen molar-refractivity contribution in [2.75, 3.05) is 32.9 Å². The van der Waals surface area contributed by atoms with Crippen LogP contribution in [0.2, 0.25) is 0 Å². The lowest BCUT2D eigenvalue weighted by atomic mass is 10.4. The highest BCUT2D eigenvalue weighted by molar-refractivity contribution is 7.99. The number of guanidine groups is 1. The zero-order valence-corrected chi connectivity index (χ0v) is 16.2. The number of thiophene rings is 1. The molecule has 25 heavy (non-hydrogen) atoms. The predicted octanol–water partition coefficient (Wildman–Crippen LogP) is 2.66. The maximum Gasteiger partial charge on any atom is 0.243 e. The number of carbonyl (C=O) groups is 1. The Kier molecular flexibility index (Phi) is 8.34. The smallest absolute Gasteiger partial charge is 0.243 e. The molecule has 1 heterocycles. The van der Waals surface area contributed by atoms with Crippen molar-refractivity contribution in [1.82, 2.24) is 15.5 Å². The minimum atomic E-state index is -0.0177. The van der Waals surface area contributed by atoms with Gasteiger partial charge in [0.1, 0.15) is 6.54 Å². The molecule has 0 aliphatic rings. The van der Waals surface area contributed by atoms with Crippen molar-refractivity contribution in [3.05, 3.63) is 52.7 Å². The number of hydrogen-bond acceptors (Lipinski definition) is 4. The number of amides is 1. The van der Waals surface area contributed by atoms with Crippen LogP contribution in [0.5, 0.6) is 0 Å². The molecule has 0 spiro atoms. The molecule has 0 unspecified atom stereocenters. The summed E-state index contributed by atoms with van der Waals surface area (Å²) in [7, 11) is 3.47. The van der Waals surface area contributed by atoms with E-state index in [4.69, 9.17) is 0 Å². The fourth-order valence-electron chi connectivity index (χ4n) is 1.90. The lowest BCUT2D eigenvalue weighted by molar-refractivity contribution is -0.127. The molecule has 1 aromatic heterocycles. The second kappa shape index (κ2) is 10.8. The zero-order chi connectivity index (χ0) is 17.9. The normalized spacial score (nSPS) is 11.2. The van der Waals surface area contributed by atoms with Gasteiger partial charge in [0.2, 0.25) is 5.91 Å². The van der Waals surface area contributed by atoms with Crippen molar-refractivity contribution >= 4 is 35.0 Å². The van der Waals surface area contributed by atoms with Crippen molar-refractivity contribution in [2.45, 2.75) is 11.4 Å². The van der Waals surface area contributed by atoms with Gasteiger partial charge in [-0.2, -0.15) is 0 Å². The number of likely N-dealkylation sites (N-methyl/N-ethyl adjacent to an activating group) is 1. The molecule has 0 radical (unpaired) electrons. The molecular weight excluding hydrogens is 352 g/mol. The summed E-state index contributed by atoms with van der Waals surface area (Å²) in [6, 6.07) is 14.4. The van der Waals surface area contributed by atoms with Crippen LogP contribution in [0.3, 0.4) is 0 Å². The number of aliphatic imine (C=N–C) groups is 1. The largest absolute Gasteiger partial charge is 0.356 e. The van der Waals surface area contributed by atoms with Crippen LogP contribution in [0.4, 0.5) is 0 Å². The van der Waals surface area contributed by atoms with E-state index in [-0.39, 0.29) is 12.5 Å². The summed E-state index contributed by atoms with van der Waals surface area (Å²) >= 11 is 3.48. The van der Waals surface area contributed by atoms with Gasteiger partial charge in [-0.05, 0) is 23.6 Å². The van der Waals surface area contributed by atoms with Gasteiger partial charge in [0.05, 0.1) is 6.54 Å². The standard InChI is InChI=1S/C18H24N4OS2/c1-22(2)17(23)14-21-18(20-13-16-9-6-11-24-16)19-10-12-25-15-7-4-3-5-8-15/h3-9,11H,10,12-14H2,1-2H3,(H2,19,20,21). The van der Waals surface area contributed by atoms with E-state index >= 15 is 0 Å². The van der Waals surface area contributed by atoms with Crippen LogP contribution >= 0.6 is 23.1 Å². The van der Waals surface area contributed by atoms with E-state index in [1.54, 1.807) is 42.1 Å². The monoisotopic (exact) mass is 376 g/mol. The zero-order valence-electron chi connectivity index (χ0n) is 14.6. The van der Waals surface area contributed by atoms with Gasteiger partial charge in [-0.3, -0.25) is 4.79 Å². The fraction of sp³-hybridized carbons (Fsp3) is 0.333. The van der Waals surface area contributed by atoms with Crippen LogP contribution in [-0.2, 0) is 11.3 Å². The molecule has 2 rings (SSSR count). The summed E-state index contributed by atoms with van der Waals surface area (Å²) in [6.45, 7) is 1.61. The number of nitrogens with one attached hydrogen (secondary N) is 2. The highest BCUT2D eigenvalue weighted by Crippen LogP contribution is 2.15. The lowest BCUT2D eigenvalue weighted by Crippen LogP contribution is -2.39. The van der Waals surface area contributed by atoms with E-state index < -0.39 is 0 Å². The van der Waals surface area contributed by atoms with Crippen LogP contribution in [0, 0.1) is 0 Å². The van der Waals surface area contributed by atoms with Gasteiger partial charge < -0.3 is 15.5 Å². The number of thioether (sulfide) groups is 1. The molecule has 0 aliphatic heterocycles. The first-order chi connectivity index (χ1) is 12.1. The number of benzene rings is 1. The van der Waals surface area contributed by atoms with E-state index in [0.717, 1.165) is 12.3 Å². The average Bonchev–Trinajstić information content (AvgIpc) is 3.14. The first-order valence-corrected chi connectivity index (χ1v) is 9.94. The Balaban J connectivity index is 1.82. The number of hydrogen-bond donors (Lipinski definition) is 2. The molecular formula is C18H24N4OS2. The Morgan fingerprint density at radius 2 is 1.96 bits per heavy atom. The second-order valence-electron chi connectivity index (χ2n) is 5.47. The maximum absolute atomic E-state index is 11.8. The van der Waals surface area contributed by atoms with Crippen LogP contribution in [-0.4, -0.2) is 49.7 Å². The molecule has 7 heteroatoms. The summed E-state index contributed by atoms with van der Waals surface area (Å²) in [6.07, 6.45) is 0. The van der Waals surface area contributed by atoms with Gasteiger partial charge >= 0.3 is 0 Å². The average molecular weight is 377 g/mol.